The van der Waals surface area contributed by atoms with E-state index >= 15 is 0 Å². The zero-order valence-corrected chi connectivity index (χ0v) is 14.2. The average molecular weight is 354 g/mol. The van der Waals surface area contributed by atoms with Gasteiger partial charge in [-0.1, -0.05) is 23.1 Å². The highest BCUT2D eigenvalue weighted by Gasteiger charge is 2.14. The number of halogens is 1. The van der Waals surface area contributed by atoms with Gasteiger partial charge in [-0.15, -0.1) is 10.2 Å². The molecule has 0 aliphatic heterocycles. The minimum absolute atomic E-state index is 0.0775. The molecule has 0 aliphatic rings. The van der Waals surface area contributed by atoms with Gasteiger partial charge in [0.2, 0.25) is 11.8 Å². The van der Waals surface area contributed by atoms with E-state index in [0.29, 0.717) is 5.69 Å². The Morgan fingerprint density at radius 1 is 1.30 bits per heavy atom. The average Bonchev–Trinajstić information content (AvgIpc) is 2.92. The number of likely N-dealkylation sites (N-methyl/N-ethyl adjacent to an activating group) is 1. The van der Waals surface area contributed by atoms with Gasteiger partial charge in [-0.2, -0.15) is 0 Å². The van der Waals surface area contributed by atoms with Gasteiger partial charge in [0, 0.05) is 12.7 Å². The minimum atomic E-state index is -0.376. The second-order valence-corrected chi connectivity index (χ2v) is 7.08. The van der Waals surface area contributed by atoms with Crippen LogP contribution in [0.3, 0.4) is 0 Å². The molecular formula is C14H15FN4O2S2. The Morgan fingerprint density at radius 2 is 2.00 bits per heavy atom. The van der Waals surface area contributed by atoms with Crippen LogP contribution in [0.5, 0.6) is 0 Å². The smallest absolute Gasteiger partial charge is 0.243 e. The Balaban J connectivity index is 1.78. The predicted molar refractivity (Wildman–Crippen MR) is 88.0 cm³/mol. The number of thioether (sulfide) groups is 1. The molecule has 0 saturated carbocycles. The molecule has 0 bridgehead atoms. The zero-order chi connectivity index (χ0) is 16.8. The molecule has 0 radical (unpaired) electrons. The standard InChI is InChI=1S/C14H15FN4O2S2/c1-9-17-18-14(23-9)22-8-13(21)19(2)7-12(20)16-11-5-3-10(15)4-6-11/h3-6H,7-8H2,1-2H3,(H,16,20). The Labute approximate surface area is 141 Å². The normalized spacial score (nSPS) is 10.4. The number of hydrogen-bond donors (Lipinski definition) is 1. The number of hydrogen-bond acceptors (Lipinski definition) is 6. The second-order valence-electron chi connectivity index (χ2n) is 4.68. The summed E-state index contributed by atoms with van der Waals surface area (Å²) in [4.78, 5) is 25.2. The van der Waals surface area contributed by atoms with E-state index in [2.05, 4.69) is 15.5 Å². The van der Waals surface area contributed by atoms with E-state index in [1.807, 2.05) is 6.92 Å². The van der Waals surface area contributed by atoms with E-state index in [1.165, 1.54) is 52.3 Å². The number of aromatic nitrogens is 2. The zero-order valence-electron chi connectivity index (χ0n) is 12.6. The van der Waals surface area contributed by atoms with Gasteiger partial charge >= 0.3 is 0 Å². The molecule has 6 nitrogen and oxygen atoms in total. The molecule has 1 heterocycles. The van der Waals surface area contributed by atoms with Crippen molar-refractivity contribution in [3.05, 3.63) is 35.1 Å². The highest BCUT2D eigenvalue weighted by Crippen LogP contribution is 2.21. The van der Waals surface area contributed by atoms with Gasteiger partial charge in [-0.3, -0.25) is 9.59 Å². The first-order valence-electron chi connectivity index (χ1n) is 6.66. The lowest BCUT2D eigenvalue weighted by molar-refractivity contribution is -0.131. The summed E-state index contributed by atoms with van der Waals surface area (Å²) < 4.78 is 13.5. The van der Waals surface area contributed by atoms with Gasteiger partial charge in [0.05, 0.1) is 12.3 Å². The van der Waals surface area contributed by atoms with E-state index in [9.17, 15) is 14.0 Å². The van der Waals surface area contributed by atoms with Crippen LogP contribution in [0.1, 0.15) is 5.01 Å². The second kappa shape index (κ2) is 8.02. The molecule has 1 aromatic carbocycles. The minimum Gasteiger partial charge on any atom is -0.336 e. The highest BCUT2D eigenvalue weighted by atomic mass is 32.2. The van der Waals surface area contributed by atoms with Gasteiger partial charge in [-0.25, -0.2) is 4.39 Å². The van der Waals surface area contributed by atoms with Gasteiger partial charge in [0.1, 0.15) is 10.8 Å². The molecule has 0 saturated heterocycles. The molecule has 23 heavy (non-hydrogen) atoms. The molecule has 0 fully saturated rings. The molecular weight excluding hydrogens is 339 g/mol. The molecule has 0 aliphatic carbocycles. The molecule has 1 aromatic heterocycles. The first-order chi connectivity index (χ1) is 10.9. The third-order valence-electron chi connectivity index (χ3n) is 2.76. The Hall–Kier alpha value is -2.00. The molecule has 0 atom stereocenters. The molecule has 9 heteroatoms. The van der Waals surface area contributed by atoms with Crippen LogP contribution in [0.15, 0.2) is 28.6 Å². The number of amides is 2. The van der Waals surface area contributed by atoms with Crippen LogP contribution in [0.4, 0.5) is 10.1 Å². The van der Waals surface area contributed by atoms with E-state index in [1.54, 1.807) is 7.05 Å². The molecule has 2 rings (SSSR count). The van der Waals surface area contributed by atoms with E-state index in [4.69, 9.17) is 0 Å². The number of rotatable bonds is 6. The van der Waals surface area contributed by atoms with Gasteiger partial charge in [0.15, 0.2) is 4.34 Å². The Kier molecular flexibility index (Phi) is 6.05. The van der Waals surface area contributed by atoms with Crippen LogP contribution in [-0.4, -0.2) is 46.3 Å². The number of carbonyl (C=O) groups excluding carboxylic acids is 2. The third-order valence-corrected chi connectivity index (χ3v) is 4.72. The largest absolute Gasteiger partial charge is 0.336 e. The van der Waals surface area contributed by atoms with E-state index in [-0.39, 0.29) is 29.9 Å². The van der Waals surface area contributed by atoms with E-state index < -0.39 is 0 Å². The van der Waals surface area contributed by atoms with Crippen LogP contribution < -0.4 is 5.32 Å². The van der Waals surface area contributed by atoms with Crippen molar-refractivity contribution in [1.29, 1.82) is 0 Å². The highest BCUT2D eigenvalue weighted by molar-refractivity contribution is 8.01. The van der Waals surface area contributed by atoms with Crippen LogP contribution in [-0.2, 0) is 9.59 Å². The first-order valence-corrected chi connectivity index (χ1v) is 8.46. The fourth-order valence-electron chi connectivity index (χ4n) is 1.61. The van der Waals surface area contributed by atoms with Crippen molar-refractivity contribution < 1.29 is 14.0 Å². The monoisotopic (exact) mass is 354 g/mol. The van der Waals surface area contributed by atoms with Crippen molar-refractivity contribution in [1.82, 2.24) is 15.1 Å². The van der Waals surface area contributed by atoms with Crippen molar-refractivity contribution >= 4 is 40.6 Å². The summed E-state index contributed by atoms with van der Waals surface area (Å²) in [6.07, 6.45) is 0. The van der Waals surface area contributed by atoms with Crippen LogP contribution in [0.2, 0.25) is 0 Å². The first kappa shape index (κ1) is 17.4. The summed E-state index contributed by atoms with van der Waals surface area (Å²) in [5, 5.41) is 11.2. The van der Waals surface area contributed by atoms with Gasteiger partial charge < -0.3 is 10.2 Å². The quantitative estimate of drug-likeness (QED) is 0.805. The predicted octanol–water partition coefficient (Wildman–Crippen LogP) is 2.17. The summed E-state index contributed by atoms with van der Waals surface area (Å²) >= 11 is 2.71. The number of aryl methyl sites for hydroxylation is 1. The van der Waals surface area contributed by atoms with Crippen LogP contribution >= 0.6 is 23.1 Å². The third kappa shape index (κ3) is 5.61. The summed E-state index contributed by atoms with van der Waals surface area (Å²) in [6.45, 7) is 1.77. The van der Waals surface area contributed by atoms with Crippen molar-refractivity contribution in [3.63, 3.8) is 0 Å². The molecule has 2 amide bonds. The molecule has 1 N–H and O–H groups in total. The lowest BCUT2D eigenvalue weighted by Gasteiger charge is -2.16. The fraction of sp³-hybridized carbons (Fsp3) is 0.286. The molecule has 0 unspecified atom stereocenters. The van der Waals surface area contributed by atoms with Crippen molar-refractivity contribution in [2.24, 2.45) is 0 Å². The molecule has 2 aromatic rings. The lowest BCUT2D eigenvalue weighted by atomic mass is 10.3. The summed E-state index contributed by atoms with van der Waals surface area (Å²) in [7, 11) is 1.55. The number of nitrogens with zero attached hydrogens (tertiary/aromatic N) is 3. The summed E-state index contributed by atoms with van der Waals surface area (Å²) in [6, 6.07) is 5.43. The fourth-order valence-corrected chi connectivity index (χ4v) is 3.36. The maximum atomic E-state index is 12.8. The Morgan fingerprint density at radius 3 is 2.61 bits per heavy atom. The van der Waals surface area contributed by atoms with Gasteiger partial charge in [-0.05, 0) is 31.2 Å². The van der Waals surface area contributed by atoms with Gasteiger partial charge in [0.25, 0.3) is 0 Å². The number of benzene rings is 1. The number of nitrogens with one attached hydrogen (secondary N) is 1. The van der Waals surface area contributed by atoms with Crippen molar-refractivity contribution in [2.75, 3.05) is 24.7 Å². The summed E-state index contributed by atoms with van der Waals surface area (Å²) in [5.74, 6) is -0.713. The Bertz CT molecular complexity index is 690. The topological polar surface area (TPSA) is 75.2 Å². The van der Waals surface area contributed by atoms with Crippen molar-refractivity contribution in [3.8, 4) is 0 Å². The number of carbonyl (C=O) groups is 2. The lowest BCUT2D eigenvalue weighted by Crippen LogP contribution is -2.35. The maximum absolute atomic E-state index is 12.8. The van der Waals surface area contributed by atoms with E-state index in [0.717, 1.165) is 9.35 Å². The van der Waals surface area contributed by atoms with Crippen LogP contribution in [0, 0.1) is 12.7 Å². The van der Waals surface area contributed by atoms with Crippen molar-refractivity contribution in [2.45, 2.75) is 11.3 Å². The summed E-state index contributed by atoms with van der Waals surface area (Å²) in [5.41, 5.74) is 0.482. The molecule has 0 spiro atoms. The SMILES string of the molecule is Cc1nnc(SCC(=O)N(C)CC(=O)Nc2ccc(F)cc2)s1. The molecule has 122 valence electrons. The maximum Gasteiger partial charge on any atom is 0.243 e. The van der Waals surface area contributed by atoms with Crippen LogP contribution in [0.25, 0.3) is 0 Å². The number of anilines is 1.